The van der Waals surface area contributed by atoms with Crippen molar-refractivity contribution in [2.75, 3.05) is 0 Å². The van der Waals surface area contributed by atoms with Crippen LogP contribution in [0.5, 0.6) is 0 Å². The van der Waals surface area contributed by atoms with Crippen molar-refractivity contribution < 1.29 is 44.2 Å². The fraction of sp³-hybridized carbons (Fsp3) is 1.00. The second-order valence-corrected chi connectivity index (χ2v) is 5.20. The zero-order valence-electron chi connectivity index (χ0n) is 13.2. The molecule has 0 radical (unpaired) electrons. The van der Waals surface area contributed by atoms with E-state index in [9.17, 15) is 0 Å². The predicted octanol–water partition coefficient (Wildman–Crippen LogP) is 9.38. The first-order valence-corrected chi connectivity index (χ1v) is 10.4. The number of hydrogen-bond acceptors (Lipinski definition) is 0. The van der Waals surface area contributed by atoms with Crippen LogP contribution in [0.1, 0.15) is 111 Å². The fourth-order valence-electron chi connectivity index (χ4n) is 0. The van der Waals surface area contributed by atoms with Gasteiger partial charge in [0.05, 0.1) is 0 Å². The van der Waals surface area contributed by atoms with Crippen LogP contribution >= 0.6 is 0 Å². The molecule has 0 N–H and O–H groups in total. The molecule has 0 heterocycles. The van der Waals surface area contributed by atoms with E-state index in [2.05, 4.69) is 58.2 Å². The van der Waals surface area contributed by atoms with Crippen molar-refractivity contribution in [2.24, 2.45) is 0 Å². The van der Waals surface area contributed by atoms with Crippen molar-refractivity contribution in [3.05, 3.63) is 0 Å². The Morgan fingerprint density at radius 2 is 0.421 bits per heavy atom. The third kappa shape index (κ3) is 2450. The average Bonchev–Trinajstić information content (AvgIpc) is 2.09. The summed E-state index contributed by atoms with van der Waals surface area (Å²) in [5.74, 6) is 0. The summed E-state index contributed by atoms with van der Waals surface area (Å²) >= 11 is 0.710. The van der Waals surface area contributed by atoms with E-state index in [0.29, 0.717) is 44.2 Å². The number of hydrogen-bond donors (Lipinski definition) is 0. The Bertz CT molecular complexity index is 17.3. The van der Waals surface area contributed by atoms with Gasteiger partial charge in [0, 0.05) is 0 Å². The van der Waals surface area contributed by atoms with Crippen LogP contribution in [-0.4, -0.2) is 0 Å². The standard InChI is InChI=1S/4C3H8.C2H6Xe.4CH4/c5*1-3-2;;;;/h4*3H2,1-2H3;1-2H3;4*1H4. The Balaban J connectivity index is -0.00000000893. The average molecular weight is 402 g/mol. The van der Waals surface area contributed by atoms with Crippen LogP contribution in [0.15, 0.2) is 0 Å². The van der Waals surface area contributed by atoms with E-state index < -0.39 is 0 Å². The Morgan fingerprint density at radius 1 is 0.421 bits per heavy atom. The predicted molar refractivity (Wildman–Crippen MR) is 103 cm³/mol. The zero-order valence-corrected chi connectivity index (χ0v) is 15.2. The van der Waals surface area contributed by atoms with Crippen LogP contribution < -0.4 is 0 Å². The van der Waals surface area contributed by atoms with Gasteiger partial charge in [-0.1, -0.05) is 111 Å². The van der Waals surface area contributed by atoms with E-state index in [0.717, 1.165) is 0 Å². The van der Waals surface area contributed by atoms with E-state index in [-0.39, 0.29) is 29.7 Å². The second-order valence-electron chi connectivity index (χ2n) is 3.18. The fourth-order valence-corrected chi connectivity index (χ4v) is 0. The Kier molecular flexibility index (Phi) is 484. The molecule has 0 spiro atoms. The van der Waals surface area contributed by atoms with E-state index >= 15 is 0 Å². The van der Waals surface area contributed by atoms with Crippen LogP contribution in [0.25, 0.3) is 0 Å². The molecular formula is C18H54Xe. The van der Waals surface area contributed by atoms with Gasteiger partial charge < -0.3 is 0 Å². The molecule has 0 saturated carbocycles. The molecule has 1 heteroatoms. The Labute approximate surface area is 156 Å². The van der Waals surface area contributed by atoms with Gasteiger partial charge in [0.15, 0.2) is 0 Å². The van der Waals surface area contributed by atoms with Crippen molar-refractivity contribution in [3.63, 3.8) is 0 Å². The summed E-state index contributed by atoms with van der Waals surface area (Å²) in [5, 5.41) is 0. The normalized spacial score (nSPS) is 4.95. The summed E-state index contributed by atoms with van der Waals surface area (Å²) in [5.41, 5.74) is 0. The van der Waals surface area contributed by atoms with Gasteiger partial charge in [-0.25, -0.2) is 0 Å². The maximum absolute atomic E-state index is 2.22. The first-order chi connectivity index (χ1) is 7.07. The van der Waals surface area contributed by atoms with Crippen LogP contribution in [0, 0.1) is 44.2 Å². The third-order valence-electron chi connectivity index (χ3n) is 0. The first kappa shape index (κ1) is 58.8. The SMILES string of the molecule is C.C.C.C.CCC.CCC.CCC.CCC.C[Xe]C. The van der Waals surface area contributed by atoms with Crippen molar-refractivity contribution in [3.8, 4) is 0 Å². The zero-order chi connectivity index (χ0) is 13.5. The molecule has 134 valence electrons. The molecule has 0 aromatic heterocycles. The van der Waals surface area contributed by atoms with Crippen molar-refractivity contribution in [2.45, 2.75) is 114 Å². The molecule has 19 heavy (non-hydrogen) atoms. The molecule has 0 aliphatic carbocycles. The molecular weight excluding hydrogens is 347 g/mol. The van der Waals surface area contributed by atoms with Gasteiger partial charge >= 0.3 is 47.0 Å². The van der Waals surface area contributed by atoms with Crippen LogP contribution in [0.4, 0.5) is 0 Å². The first-order valence-electron chi connectivity index (χ1n) is 6.36. The van der Waals surface area contributed by atoms with Gasteiger partial charge in [0.1, 0.15) is 0 Å². The molecule has 0 rings (SSSR count). The van der Waals surface area contributed by atoms with Crippen molar-refractivity contribution in [1.29, 1.82) is 0 Å². The molecule has 0 atom stereocenters. The summed E-state index contributed by atoms with van der Waals surface area (Å²) in [6, 6.07) is 0. The van der Waals surface area contributed by atoms with Crippen LogP contribution in [0.2, 0.25) is 2.78 Å². The molecule has 0 aliphatic rings. The summed E-state index contributed by atoms with van der Waals surface area (Å²) in [4.78, 5) is 0. The van der Waals surface area contributed by atoms with Gasteiger partial charge in [-0.2, -0.15) is 0 Å². The minimum absolute atomic E-state index is 0. The molecule has 0 fully saturated rings. The second kappa shape index (κ2) is 156. The Morgan fingerprint density at radius 3 is 0.421 bits per heavy atom. The summed E-state index contributed by atoms with van der Waals surface area (Å²) in [6.07, 6.45) is 5.00. The summed E-state index contributed by atoms with van der Waals surface area (Å²) in [7, 11) is 0. The molecule has 0 nitrogen and oxygen atoms in total. The third-order valence-corrected chi connectivity index (χ3v) is 0. The van der Waals surface area contributed by atoms with Crippen LogP contribution in [-0.2, 0) is 0 Å². The quantitative estimate of drug-likeness (QED) is 0.379. The van der Waals surface area contributed by atoms with E-state index in [4.69, 9.17) is 0 Å². The van der Waals surface area contributed by atoms with E-state index in [1.54, 1.807) is 0 Å². The summed E-state index contributed by atoms with van der Waals surface area (Å²) in [6.45, 7) is 17.0. The topological polar surface area (TPSA) is 0 Å². The van der Waals surface area contributed by atoms with Gasteiger partial charge in [0.25, 0.3) is 0 Å². The van der Waals surface area contributed by atoms with Crippen LogP contribution in [0.3, 0.4) is 0 Å². The maximum atomic E-state index is 2.22. The molecule has 0 amide bonds. The van der Waals surface area contributed by atoms with E-state index in [1.165, 1.54) is 25.7 Å². The van der Waals surface area contributed by atoms with Gasteiger partial charge in [0.2, 0.25) is 0 Å². The summed E-state index contributed by atoms with van der Waals surface area (Å²) < 4.78 is 4.43. The molecule has 0 saturated heterocycles. The monoisotopic (exact) mass is 402 g/mol. The molecule has 0 unspecified atom stereocenters. The molecule has 0 aliphatic heterocycles. The van der Waals surface area contributed by atoms with Gasteiger partial charge in [-0.15, -0.1) is 0 Å². The minimum atomic E-state index is 0. The van der Waals surface area contributed by atoms with Gasteiger partial charge in [-0.3, -0.25) is 0 Å². The molecule has 0 aromatic carbocycles. The van der Waals surface area contributed by atoms with E-state index in [1.807, 2.05) is 0 Å². The van der Waals surface area contributed by atoms with Crippen molar-refractivity contribution >= 4 is 0 Å². The molecule has 0 bridgehead atoms. The Hall–Kier alpha value is 1.57. The molecule has 0 aromatic rings. The van der Waals surface area contributed by atoms with Crippen molar-refractivity contribution in [1.82, 2.24) is 0 Å². The van der Waals surface area contributed by atoms with Gasteiger partial charge in [-0.05, 0) is 0 Å². The number of rotatable bonds is 0.